The lowest BCUT2D eigenvalue weighted by Gasteiger charge is -2.42. The van der Waals surface area contributed by atoms with Crippen LogP contribution in [0.1, 0.15) is 45.6 Å². The first-order valence-corrected chi connectivity index (χ1v) is 10.3. The van der Waals surface area contributed by atoms with E-state index in [0.29, 0.717) is 0 Å². The van der Waals surface area contributed by atoms with Crippen LogP contribution in [-0.2, 0) is 20.5 Å². The van der Waals surface area contributed by atoms with Gasteiger partial charge in [0, 0.05) is 0 Å². The predicted octanol–water partition coefficient (Wildman–Crippen LogP) is 2.85. The molecule has 0 unspecified atom stereocenters. The summed E-state index contributed by atoms with van der Waals surface area (Å²) < 4.78 is 33.8. The van der Waals surface area contributed by atoms with Crippen LogP contribution >= 0.6 is 0 Å². The van der Waals surface area contributed by atoms with Crippen LogP contribution in [0.4, 0.5) is 10.5 Å². The molecule has 0 radical (unpaired) electrons. The zero-order chi connectivity index (χ0) is 20.3. The van der Waals surface area contributed by atoms with E-state index in [9.17, 15) is 13.2 Å². The Bertz CT molecular complexity index is 849. The molecule has 1 fully saturated rings. The fourth-order valence-corrected chi connectivity index (χ4v) is 3.46. The Labute approximate surface area is 159 Å². The van der Waals surface area contributed by atoms with E-state index in [4.69, 9.17) is 21.2 Å². The zero-order valence-corrected chi connectivity index (χ0v) is 16.6. The third-order valence-corrected chi connectivity index (χ3v) is 4.85. The maximum absolute atomic E-state index is 12.1. The minimum Gasteiger partial charge on any atom is -0.502 e. The van der Waals surface area contributed by atoms with Crippen LogP contribution in [0.5, 0.6) is 5.75 Å². The number of benzene rings is 1. The standard InChI is InChI=1S/C18H25N3O5S/c1-17(2,3)26-16(22)21-18(9-6-10-18)12-25-14-8-5-7-13(15(14)20-4)11-27(19,23)24/h5,7-8H,6,9-12H2,1-3H3,(H,21,22)(H2,19,23,24). The molecule has 1 aromatic carbocycles. The molecule has 0 bridgehead atoms. The number of hydrogen-bond acceptors (Lipinski definition) is 5. The summed E-state index contributed by atoms with van der Waals surface area (Å²) in [6, 6.07) is 4.74. The molecule has 0 heterocycles. The monoisotopic (exact) mass is 395 g/mol. The van der Waals surface area contributed by atoms with Crippen molar-refractivity contribution in [2.24, 2.45) is 5.14 Å². The van der Waals surface area contributed by atoms with Crippen molar-refractivity contribution in [2.45, 2.75) is 56.9 Å². The van der Waals surface area contributed by atoms with Crippen LogP contribution in [-0.4, -0.2) is 32.3 Å². The Kier molecular flexibility index (Phi) is 6.02. The molecular formula is C18H25N3O5S. The van der Waals surface area contributed by atoms with E-state index in [1.165, 1.54) is 6.07 Å². The molecule has 0 saturated heterocycles. The van der Waals surface area contributed by atoms with Gasteiger partial charge in [-0.05, 0) is 51.7 Å². The van der Waals surface area contributed by atoms with Gasteiger partial charge in [-0.15, -0.1) is 0 Å². The highest BCUT2D eigenvalue weighted by atomic mass is 32.2. The van der Waals surface area contributed by atoms with E-state index in [-0.39, 0.29) is 23.6 Å². The molecule has 0 aromatic heterocycles. The van der Waals surface area contributed by atoms with E-state index in [2.05, 4.69) is 10.2 Å². The molecular weight excluding hydrogens is 370 g/mol. The Balaban J connectivity index is 2.12. The summed E-state index contributed by atoms with van der Waals surface area (Å²) in [6.07, 6.45) is 1.90. The number of nitrogens with zero attached hydrogens (tertiary/aromatic N) is 1. The van der Waals surface area contributed by atoms with Gasteiger partial charge in [0.2, 0.25) is 15.7 Å². The van der Waals surface area contributed by atoms with Gasteiger partial charge in [0.1, 0.15) is 18.0 Å². The van der Waals surface area contributed by atoms with E-state index in [1.807, 2.05) is 0 Å². The Hall–Kier alpha value is -2.31. The summed E-state index contributed by atoms with van der Waals surface area (Å²) in [6.45, 7) is 12.9. The highest BCUT2D eigenvalue weighted by molar-refractivity contribution is 7.88. The summed E-state index contributed by atoms with van der Waals surface area (Å²) >= 11 is 0. The molecule has 1 aliphatic rings. The number of nitrogens with one attached hydrogen (secondary N) is 1. The van der Waals surface area contributed by atoms with E-state index < -0.39 is 33.0 Å². The first-order valence-electron chi connectivity index (χ1n) is 8.57. The molecule has 148 valence electrons. The van der Waals surface area contributed by atoms with Gasteiger partial charge < -0.3 is 14.8 Å². The number of carbonyl (C=O) groups is 1. The summed E-state index contributed by atoms with van der Waals surface area (Å²) in [5.74, 6) is -0.174. The molecule has 1 saturated carbocycles. The van der Waals surface area contributed by atoms with Crippen LogP contribution in [0, 0.1) is 6.57 Å². The van der Waals surface area contributed by atoms with Crippen LogP contribution in [0.15, 0.2) is 18.2 Å². The topological polar surface area (TPSA) is 112 Å². The number of rotatable bonds is 6. The highest BCUT2D eigenvalue weighted by Gasteiger charge is 2.40. The summed E-state index contributed by atoms with van der Waals surface area (Å²) in [5.41, 5.74) is -0.765. The van der Waals surface area contributed by atoms with Gasteiger partial charge in [-0.1, -0.05) is 12.1 Å². The molecule has 9 heteroatoms. The highest BCUT2D eigenvalue weighted by Crippen LogP contribution is 2.36. The summed E-state index contributed by atoms with van der Waals surface area (Å²) in [4.78, 5) is 15.5. The lowest BCUT2D eigenvalue weighted by Crippen LogP contribution is -2.58. The maximum Gasteiger partial charge on any atom is 0.408 e. The second kappa shape index (κ2) is 7.74. The fraction of sp³-hybridized carbons (Fsp3) is 0.556. The second-order valence-corrected chi connectivity index (χ2v) is 9.35. The largest absolute Gasteiger partial charge is 0.502 e. The molecule has 3 N–H and O–H groups in total. The lowest BCUT2D eigenvalue weighted by atomic mass is 9.77. The van der Waals surface area contributed by atoms with E-state index in [1.54, 1.807) is 32.9 Å². The molecule has 8 nitrogen and oxygen atoms in total. The first-order chi connectivity index (χ1) is 12.4. The maximum atomic E-state index is 12.1. The van der Waals surface area contributed by atoms with Crippen molar-refractivity contribution in [3.05, 3.63) is 35.2 Å². The van der Waals surface area contributed by atoms with E-state index in [0.717, 1.165) is 19.3 Å². The van der Waals surface area contributed by atoms with Crippen molar-refractivity contribution in [1.82, 2.24) is 5.32 Å². The normalized spacial score (nSPS) is 16.0. The minimum absolute atomic E-state index is 0.110. The molecule has 0 atom stereocenters. The summed E-state index contributed by atoms with van der Waals surface area (Å²) in [5, 5.41) is 7.95. The number of carbonyl (C=O) groups excluding carboxylic acids is 1. The SMILES string of the molecule is [C-]#[N+]c1c(CS(N)(=O)=O)cccc1OCC1(NC(=O)OC(C)(C)C)CCC1. The van der Waals surface area contributed by atoms with Crippen molar-refractivity contribution in [2.75, 3.05) is 6.61 Å². The predicted molar refractivity (Wildman–Crippen MR) is 101 cm³/mol. The molecule has 0 spiro atoms. The van der Waals surface area contributed by atoms with Crippen LogP contribution < -0.4 is 15.2 Å². The Morgan fingerprint density at radius 2 is 2.04 bits per heavy atom. The second-order valence-electron chi connectivity index (χ2n) is 7.73. The number of primary sulfonamides is 1. The average molecular weight is 395 g/mol. The zero-order valence-electron chi connectivity index (χ0n) is 15.7. The number of ether oxygens (including phenoxy) is 2. The number of sulfonamides is 1. The van der Waals surface area contributed by atoms with Crippen molar-refractivity contribution < 1.29 is 22.7 Å². The number of nitrogens with two attached hydrogens (primary N) is 1. The van der Waals surface area contributed by atoms with Gasteiger partial charge in [-0.2, -0.15) is 0 Å². The molecule has 2 rings (SSSR count). The Morgan fingerprint density at radius 1 is 1.37 bits per heavy atom. The fourth-order valence-electron chi connectivity index (χ4n) is 2.79. The smallest absolute Gasteiger partial charge is 0.408 e. The van der Waals surface area contributed by atoms with Gasteiger partial charge in [0.25, 0.3) is 0 Å². The van der Waals surface area contributed by atoms with Crippen molar-refractivity contribution in [3.8, 4) is 5.75 Å². The van der Waals surface area contributed by atoms with Gasteiger partial charge in [0.05, 0.1) is 17.9 Å². The number of hydrogen-bond donors (Lipinski definition) is 2. The third kappa shape index (κ3) is 6.12. The van der Waals surface area contributed by atoms with Gasteiger partial charge in [-0.3, -0.25) is 0 Å². The summed E-state index contributed by atoms with van der Waals surface area (Å²) in [7, 11) is -3.77. The molecule has 1 aliphatic carbocycles. The quantitative estimate of drug-likeness (QED) is 0.719. The number of amides is 1. The average Bonchev–Trinajstić information content (AvgIpc) is 2.46. The van der Waals surface area contributed by atoms with Crippen LogP contribution in [0.2, 0.25) is 0 Å². The van der Waals surface area contributed by atoms with Gasteiger partial charge in [0.15, 0.2) is 0 Å². The molecule has 27 heavy (non-hydrogen) atoms. The van der Waals surface area contributed by atoms with Crippen molar-refractivity contribution in [1.29, 1.82) is 0 Å². The number of alkyl carbamates (subject to hydrolysis) is 1. The van der Waals surface area contributed by atoms with E-state index >= 15 is 0 Å². The first kappa shape index (κ1) is 21.0. The number of para-hydroxylation sites is 1. The minimum atomic E-state index is -3.77. The molecule has 1 aromatic rings. The van der Waals surface area contributed by atoms with Crippen molar-refractivity contribution >= 4 is 21.8 Å². The molecule has 1 amide bonds. The van der Waals surface area contributed by atoms with Gasteiger partial charge >= 0.3 is 6.09 Å². The van der Waals surface area contributed by atoms with Crippen molar-refractivity contribution in [3.63, 3.8) is 0 Å². The molecule has 0 aliphatic heterocycles. The lowest BCUT2D eigenvalue weighted by molar-refractivity contribution is 0.0294. The Morgan fingerprint density at radius 3 is 2.52 bits per heavy atom. The van der Waals surface area contributed by atoms with Gasteiger partial charge in [-0.25, -0.2) is 23.2 Å². The van der Waals surface area contributed by atoms with Crippen LogP contribution in [0.25, 0.3) is 4.85 Å². The third-order valence-electron chi connectivity index (χ3n) is 4.13. The van der Waals surface area contributed by atoms with Crippen LogP contribution in [0.3, 0.4) is 0 Å².